The molecule has 0 spiro atoms. The monoisotopic (exact) mass is 341 g/mol. The lowest BCUT2D eigenvalue weighted by Gasteiger charge is -2.37. The summed E-state index contributed by atoms with van der Waals surface area (Å²) >= 11 is 0. The van der Waals surface area contributed by atoms with E-state index in [-0.39, 0.29) is 5.91 Å². The van der Waals surface area contributed by atoms with Crippen LogP contribution in [-0.4, -0.2) is 53.1 Å². The van der Waals surface area contributed by atoms with Gasteiger partial charge < -0.3 is 9.42 Å². The molecule has 134 valence electrons. The molecule has 0 bridgehead atoms. The topological polar surface area (TPSA) is 49.6 Å². The highest BCUT2D eigenvalue weighted by Gasteiger charge is 2.22. The minimum absolute atomic E-state index is 0.222. The van der Waals surface area contributed by atoms with E-state index in [1.165, 1.54) is 5.56 Å². The van der Waals surface area contributed by atoms with Crippen LogP contribution in [0, 0.1) is 6.92 Å². The van der Waals surface area contributed by atoms with E-state index in [9.17, 15) is 4.79 Å². The summed E-state index contributed by atoms with van der Waals surface area (Å²) in [6, 6.07) is 8.74. The normalized spacial score (nSPS) is 15.8. The van der Waals surface area contributed by atoms with Crippen molar-refractivity contribution in [2.24, 2.45) is 0 Å². The highest BCUT2D eigenvalue weighted by atomic mass is 16.5. The second-order valence-electron chi connectivity index (χ2n) is 7.07. The summed E-state index contributed by atoms with van der Waals surface area (Å²) < 4.78 is 5.18. The van der Waals surface area contributed by atoms with Crippen LogP contribution in [-0.2, 0) is 11.2 Å². The van der Waals surface area contributed by atoms with Crippen molar-refractivity contribution < 1.29 is 9.32 Å². The number of benzene rings is 1. The van der Waals surface area contributed by atoms with Crippen LogP contribution in [0.25, 0.3) is 11.3 Å². The summed E-state index contributed by atoms with van der Waals surface area (Å²) in [5.74, 6) is 0.222. The second kappa shape index (κ2) is 7.83. The van der Waals surface area contributed by atoms with Crippen molar-refractivity contribution in [3.8, 4) is 11.3 Å². The van der Waals surface area contributed by atoms with Gasteiger partial charge in [-0.3, -0.25) is 9.69 Å². The van der Waals surface area contributed by atoms with Crippen molar-refractivity contribution in [3.05, 3.63) is 41.7 Å². The molecule has 5 heteroatoms. The second-order valence-corrected chi connectivity index (χ2v) is 7.07. The van der Waals surface area contributed by atoms with E-state index in [1.54, 1.807) is 6.26 Å². The average Bonchev–Trinajstić information content (AvgIpc) is 3.08. The maximum Gasteiger partial charge on any atom is 0.222 e. The number of hydrogen-bond acceptors (Lipinski definition) is 4. The predicted octanol–water partition coefficient (Wildman–Crippen LogP) is 3.14. The summed E-state index contributed by atoms with van der Waals surface area (Å²) in [6.07, 6.45) is 2.83. The number of hydrogen-bond donors (Lipinski definition) is 0. The Kier molecular flexibility index (Phi) is 5.53. The van der Waals surface area contributed by atoms with Crippen LogP contribution < -0.4 is 0 Å². The van der Waals surface area contributed by atoms with Crippen LogP contribution in [0.2, 0.25) is 0 Å². The average molecular weight is 341 g/mol. The molecule has 3 rings (SSSR count). The highest BCUT2D eigenvalue weighted by molar-refractivity contribution is 5.77. The van der Waals surface area contributed by atoms with Crippen molar-refractivity contribution in [3.63, 3.8) is 0 Å². The highest BCUT2D eigenvalue weighted by Crippen LogP contribution is 2.24. The molecule has 25 heavy (non-hydrogen) atoms. The number of carbonyl (C=O) groups is 1. The van der Waals surface area contributed by atoms with Crippen molar-refractivity contribution in [2.75, 3.05) is 26.2 Å². The number of aromatic nitrogens is 1. The molecule has 0 unspecified atom stereocenters. The van der Waals surface area contributed by atoms with Crippen LogP contribution in [0.4, 0.5) is 0 Å². The van der Waals surface area contributed by atoms with Gasteiger partial charge in [-0.1, -0.05) is 28.9 Å². The van der Waals surface area contributed by atoms with Gasteiger partial charge in [0.15, 0.2) is 0 Å². The van der Waals surface area contributed by atoms with Gasteiger partial charge in [-0.05, 0) is 33.3 Å². The lowest BCUT2D eigenvalue weighted by Crippen LogP contribution is -2.50. The van der Waals surface area contributed by atoms with Crippen LogP contribution in [0.15, 0.2) is 35.1 Å². The molecule has 1 aromatic heterocycles. The lowest BCUT2D eigenvalue weighted by atomic mass is 10.0. The molecule has 1 aliphatic rings. The van der Waals surface area contributed by atoms with E-state index >= 15 is 0 Å². The SMILES string of the molecule is Cc1cccc(-c2nocc2CCC(=O)N2CCN(C(C)C)CC2)c1. The van der Waals surface area contributed by atoms with E-state index in [4.69, 9.17) is 4.52 Å². The number of aryl methyl sites for hydroxylation is 2. The van der Waals surface area contributed by atoms with Gasteiger partial charge in [-0.2, -0.15) is 0 Å². The summed E-state index contributed by atoms with van der Waals surface area (Å²) in [5, 5.41) is 4.14. The Morgan fingerprint density at radius 2 is 2.00 bits per heavy atom. The molecule has 0 radical (unpaired) electrons. The molecule has 0 saturated carbocycles. The molecule has 0 aliphatic carbocycles. The molecule has 0 atom stereocenters. The minimum Gasteiger partial charge on any atom is -0.364 e. The molecule has 1 aliphatic heterocycles. The third-order valence-corrected chi connectivity index (χ3v) is 4.94. The molecular weight excluding hydrogens is 314 g/mol. The standard InChI is InChI=1S/C20H27N3O2/c1-15(2)22-9-11-23(12-10-22)19(24)8-7-18-14-25-21-20(18)17-6-4-5-16(3)13-17/h4-6,13-15H,7-12H2,1-3H3. The first kappa shape index (κ1) is 17.7. The fraction of sp³-hybridized carbons (Fsp3) is 0.500. The first-order valence-electron chi connectivity index (χ1n) is 9.06. The fourth-order valence-corrected chi connectivity index (χ4v) is 3.35. The maximum atomic E-state index is 12.5. The van der Waals surface area contributed by atoms with Crippen LogP contribution in [0.3, 0.4) is 0 Å². The Morgan fingerprint density at radius 3 is 2.68 bits per heavy atom. The fourth-order valence-electron chi connectivity index (χ4n) is 3.35. The van der Waals surface area contributed by atoms with Crippen LogP contribution >= 0.6 is 0 Å². The third kappa shape index (κ3) is 4.28. The van der Waals surface area contributed by atoms with Crippen molar-refractivity contribution in [1.29, 1.82) is 0 Å². The van der Waals surface area contributed by atoms with Gasteiger partial charge in [-0.15, -0.1) is 0 Å². The lowest BCUT2D eigenvalue weighted by molar-refractivity contribution is -0.133. The molecule has 2 heterocycles. The van der Waals surface area contributed by atoms with Gasteiger partial charge in [0.2, 0.25) is 5.91 Å². The Hall–Kier alpha value is -2.14. The first-order chi connectivity index (χ1) is 12.0. The van der Waals surface area contributed by atoms with Gasteiger partial charge in [0.25, 0.3) is 0 Å². The first-order valence-corrected chi connectivity index (χ1v) is 9.06. The summed E-state index contributed by atoms with van der Waals surface area (Å²) in [6.45, 7) is 10.0. The quantitative estimate of drug-likeness (QED) is 0.838. The van der Waals surface area contributed by atoms with Gasteiger partial charge in [0, 0.05) is 49.8 Å². The van der Waals surface area contributed by atoms with E-state index in [1.807, 2.05) is 17.0 Å². The molecule has 0 N–H and O–H groups in total. The molecule has 1 saturated heterocycles. The molecule has 1 fully saturated rings. The van der Waals surface area contributed by atoms with Gasteiger partial charge in [0.1, 0.15) is 12.0 Å². The zero-order valence-corrected chi connectivity index (χ0v) is 15.4. The van der Waals surface area contributed by atoms with Crippen molar-refractivity contribution in [1.82, 2.24) is 15.0 Å². The molecule has 1 aromatic carbocycles. The molecule has 5 nitrogen and oxygen atoms in total. The Morgan fingerprint density at radius 1 is 1.24 bits per heavy atom. The van der Waals surface area contributed by atoms with Gasteiger partial charge in [0.05, 0.1) is 0 Å². The number of carbonyl (C=O) groups excluding carboxylic acids is 1. The van der Waals surface area contributed by atoms with E-state index in [0.717, 1.165) is 43.0 Å². The van der Waals surface area contributed by atoms with Gasteiger partial charge >= 0.3 is 0 Å². The largest absolute Gasteiger partial charge is 0.364 e. The Balaban J connectivity index is 1.58. The zero-order valence-electron chi connectivity index (χ0n) is 15.4. The minimum atomic E-state index is 0.222. The number of rotatable bonds is 5. The number of piperazine rings is 1. The maximum absolute atomic E-state index is 12.5. The predicted molar refractivity (Wildman–Crippen MR) is 98.3 cm³/mol. The van der Waals surface area contributed by atoms with Crippen molar-refractivity contribution in [2.45, 2.75) is 39.7 Å². The number of nitrogens with zero attached hydrogens (tertiary/aromatic N) is 3. The molecule has 1 amide bonds. The summed E-state index contributed by atoms with van der Waals surface area (Å²) in [5.41, 5.74) is 4.08. The Bertz CT molecular complexity index is 715. The molecule has 2 aromatic rings. The van der Waals surface area contributed by atoms with Crippen LogP contribution in [0.1, 0.15) is 31.4 Å². The van der Waals surface area contributed by atoms with E-state index in [2.05, 4.69) is 43.0 Å². The smallest absolute Gasteiger partial charge is 0.222 e. The Labute approximate surface area is 149 Å². The third-order valence-electron chi connectivity index (χ3n) is 4.94. The number of amides is 1. The van der Waals surface area contributed by atoms with Crippen molar-refractivity contribution >= 4 is 5.91 Å². The summed E-state index contributed by atoms with van der Waals surface area (Å²) in [7, 11) is 0. The van der Waals surface area contributed by atoms with E-state index < -0.39 is 0 Å². The zero-order chi connectivity index (χ0) is 17.8. The van der Waals surface area contributed by atoms with Gasteiger partial charge in [-0.25, -0.2) is 0 Å². The van der Waals surface area contributed by atoms with E-state index in [0.29, 0.717) is 18.9 Å². The molecular formula is C20H27N3O2. The summed E-state index contributed by atoms with van der Waals surface area (Å²) in [4.78, 5) is 16.9. The van der Waals surface area contributed by atoms with Crippen LogP contribution in [0.5, 0.6) is 0 Å².